The van der Waals surface area contributed by atoms with Gasteiger partial charge in [-0.05, 0) is 57.7 Å². The van der Waals surface area contributed by atoms with Gasteiger partial charge in [0.25, 0.3) is 5.91 Å². The lowest BCUT2D eigenvalue weighted by molar-refractivity contribution is 0.0723. The molecular weight excluding hydrogens is 362 g/mol. The Balaban J connectivity index is 1.78. The van der Waals surface area contributed by atoms with Crippen molar-refractivity contribution >= 4 is 11.6 Å². The fraction of sp³-hybridized carbons (Fsp3) is 0.417. The Morgan fingerprint density at radius 1 is 1.14 bits per heavy atom. The van der Waals surface area contributed by atoms with Crippen LogP contribution in [0.2, 0.25) is 0 Å². The lowest BCUT2D eigenvalue weighted by atomic mass is 10.0. The summed E-state index contributed by atoms with van der Waals surface area (Å²) >= 11 is 0. The van der Waals surface area contributed by atoms with E-state index in [1.54, 1.807) is 0 Å². The number of hydrogen-bond donors (Lipinski definition) is 0. The number of piperidine rings is 1. The first kappa shape index (κ1) is 19.6. The molecule has 3 heterocycles. The molecule has 0 spiro atoms. The lowest BCUT2D eigenvalue weighted by Crippen LogP contribution is -2.35. The van der Waals surface area contributed by atoms with Crippen molar-refractivity contribution in [1.29, 1.82) is 0 Å². The van der Waals surface area contributed by atoms with Crippen LogP contribution in [0.3, 0.4) is 0 Å². The normalized spacial score (nSPS) is 15.6. The van der Waals surface area contributed by atoms with E-state index in [0.717, 1.165) is 48.5 Å². The molecule has 29 heavy (non-hydrogen) atoms. The fourth-order valence-electron chi connectivity index (χ4n) is 4.24. The summed E-state index contributed by atoms with van der Waals surface area (Å²) in [5.41, 5.74) is 5.75. The van der Waals surface area contributed by atoms with Crippen LogP contribution in [0, 0.1) is 13.8 Å². The predicted octanol–water partition coefficient (Wildman–Crippen LogP) is 4.70. The summed E-state index contributed by atoms with van der Waals surface area (Å²) in [5, 5.41) is 0. The summed E-state index contributed by atoms with van der Waals surface area (Å²) in [6, 6.07) is 12.2. The van der Waals surface area contributed by atoms with Crippen LogP contribution < -0.4 is 0 Å². The molecular formula is C24H29N3O2. The van der Waals surface area contributed by atoms with Gasteiger partial charge in [0.1, 0.15) is 11.8 Å². The topological polar surface area (TPSA) is 46.8 Å². The molecule has 0 saturated carbocycles. The zero-order valence-electron chi connectivity index (χ0n) is 17.5. The molecule has 3 aromatic rings. The average molecular weight is 392 g/mol. The number of likely N-dealkylation sites (tertiary alicyclic amines) is 1. The molecule has 0 radical (unpaired) electrons. The van der Waals surface area contributed by atoms with Crippen molar-refractivity contribution in [3.8, 4) is 0 Å². The van der Waals surface area contributed by atoms with E-state index in [4.69, 9.17) is 9.72 Å². The van der Waals surface area contributed by atoms with Gasteiger partial charge >= 0.3 is 0 Å². The molecule has 1 saturated heterocycles. The van der Waals surface area contributed by atoms with Crippen molar-refractivity contribution < 1.29 is 9.53 Å². The van der Waals surface area contributed by atoms with Gasteiger partial charge in [-0.2, -0.15) is 0 Å². The van der Waals surface area contributed by atoms with E-state index in [-0.39, 0.29) is 12.0 Å². The maximum absolute atomic E-state index is 13.0. The van der Waals surface area contributed by atoms with E-state index in [1.165, 1.54) is 12.0 Å². The smallest absolute Gasteiger partial charge is 0.255 e. The Bertz CT molecular complexity index is 1020. The summed E-state index contributed by atoms with van der Waals surface area (Å²) in [7, 11) is 0. The second kappa shape index (κ2) is 8.37. The third-order valence-corrected chi connectivity index (χ3v) is 5.66. The third kappa shape index (κ3) is 3.92. The molecule has 0 N–H and O–H groups in total. The molecule has 1 aliphatic heterocycles. The maximum Gasteiger partial charge on any atom is 0.255 e. The van der Waals surface area contributed by atoms with E-state index in [1.807, 2.05) is 41.5 Å². The number of benzene rings is 1. The number of imidazole rings is 1. The minimum absolute atomic E-state index is 0.104. The van der Waals surface area contributed by atoms with Gasteiger partial charge < -0.3 is 9.64 Å². The third-order valence-electron chi connectivity index (χ3n) is 5.66. The predicted molar refractivity (Wildman–Crippen MR) is 114 cm³/mol. The molecule has 1 aliphatic rings. The molecule has 1 fully saturated rings. The molecule has 0 aliphatic carbocycles. The Morgan fingerprint density at radius 3 is 2.66 bits per heavy atom. The minimum Gasteiger partial charge on any atom is -0.367 e. The van der Waals surface area contributed by atoms with Crippen molar-refractivity contribution in [3.63, 3.8) is 0 Å². The molecule has 0 bridgehead atoms. The molecule has 5 nitrogen and oxygen atoms in total. The van der Waals surface area contributed by atoms with Crippen molar-refractivity contribution in [2.24, 2.45) is 0 Å². The summed E-state index contributed by atoms with van der Waals surface area (Å²) in [5.74, 6) is 0.104. The van der Waals surface area contributed by atoms with Crippen LogP contribution in [0.15, 0.2) is 42.6 Å². The van der Waals surface area contributed by atoms with Crippen LogP contribution in [-0.4, -0.2) is 39.9 Å². The molecule has 1 unspecified atom stereocenters. The van der Waals surface area contributed by atoms with Crippen LogP contribution in [-0.2, 0) is 4.74 Å². The monoisotopic (exact) mass is 391 g/mol. The van der Waals surface area contributed by atoms with Crippen molar-refractivity contribution in [3.05, 3.63) is 70.7 Å². The van der Waals surface area contributed by atoms with E-state index >= 15 is 0 Å². The standard InChI is InChI=1S/C24H29N3O2/c1-4-29-23(19-10-8-9-17(2)15-19)22-18(3)25-21-12-11-20(16-27(21)22)24(28)26-13-6-5-7-14-26/h8-12,15-16,23H,4-7,13-14H2,1-3H3. The number of carbonyl (C=O) groups excluding carboxylic acids is 1. The summed E-state index contributed by atoms with van der Waals surface area (Å²) in [4.78, 5) is 19.7. The van der Waals surface area contributed by atoms with Gasteiger partial charge in [-0.3, -0.25) is 9.20 Å². The first-order valence-electron chi connectivity index (χ1n) is 10.5. The summed E-state index contributed by atoms with van der Waals surface area (Å²) < 4.78 is 8.21. The van der Waals surface area contributed by atoms with Crippen LogP contribution in [0.25, 0.3) is 5.65 Å². The molecule has 2 aromatic heterocycles. The first-order chi connectivity index (χ1) is 14.1. The van der Waals surface area contributed by atoms with Gasteiger partial charge in [-0.1, -0.05) is 29.8 Å². The number of hydrogen-bond acceptors (Lipinski definition) is 3. The second-order valence-corrected chi connectivity index (χ2v) is 7.83. The van der Waals surface area contributed by atoms with E-state index in [2.05, 4.69) is 31.2 Å². The number of ether oxygens (including phenoxy) is 1. The van der Waals surface area contributed by atoms with Gasteiger partial charge in [-0.15, -0.1) is 0 Å². The second-order valence-electron chi connectivity index (χ2n) is 7.83. The quantitative estimate of drug-likeness (QED) is 0.633. The van der Waals surface area contributed by atoms with Gasteiger partial charge in [0.2, 0.25) is 0 Å². The molecule has 4 rings (SSSR count). The number of aromatic nitrogens is 2. The highest BCUT2D eigenvalue weighted by Crippen LogP contribution is 2.30. The van der Waals surface area contributed by atoms with Gasteiger partial charge in [-0.25, -0.2) is 4.98 Å². The van der Waals surface area contributed by atoms with Crippen molar-refractivity contribution in [2.45, 2.75) is 46.1 Å². The Labute approximate surface area is 172 Å². The van der Waals surface area contributed by atoms with Gasteiger partial charge in [0.15, 0.2) is 0 Å². The van der Waals surface area contributed by atoms with Crippen molar-refractivity contribution in [2.75, 3.05) is 19.7 Å². The van der Waals surface area contributed by atoms with Gasteiger partial charge in [0.05, 0.1) is 17.0 Å². The van der Waals surface area contributed by atoms with Gasteiger partial charge in [0, 0.05) is 25.9 Å². The highest BCUT2D eigenvalue weighted by molar-refractivity contribution is 5.94. The highest BCUT2D eigenvalue weighted by Gasteiger charge is 2.24. The minimum atomic E-state index is -0.227. The number of carbonyl (C=O) groups is 1. The SMILES string of the molecule is CCOC(c1cccc(C)c1)c1c(C)nc2ccc(C(=O)N3CCCCC3)cn12. The number of fused-ring (bicyclic) bond motifs is 1. The number of amides is 1. The van der Waals surface area contributed by atoms with Crippen LogP contribution >= 0.6 is 0 Å². The largest absolute Gasteiger partial charge is 0.367 e. The number of aryl methyl sites for hydroxylation is 2. The number of pyridine rings is 1. The Kier molecular flexibility index (Phi) is 5.67. The Morgan fingerprint density at radius 2 is 1.93 bits per heavy atom. The molecule has 1 aromatic carbocycles. The molecule has 1 amide bonds. The van der Waals surface area contributed by atoms with Crippen LogP contribution in [0.5, 0.6) is 0 Å². The van der Waals surface area contributed by atoms with Crippen LogP contribution in [0.4, 0.5) is 0 Å². The van der Waals surface area contributed by atoms with E-state index in [0.29, 0.717) is 12.2 Å². The molecule has 1 atom stereocenters. The summed E-state index contributed by atoms with van der Waals surface area (Å²) in [6.45, 7) is 8.39. The lowest BCUT2D eigenvalue weighted by Gasteiger charge is -2.26. The Hall–Kier alpha value is -2.66. The zero-order chi connectivity index (χ0) is 20.4. The first-order valence-corrected chi connectivity index (χ1v) is 10.5. The highest BCUT2D eigenvalue weighted by atomic mass is 16.5. The molecule has 5 heteroatoms. The maximum atomic E-state index is 13.0. The van der Waals surface area contributed by atoms with E-state index in [9.17, 15) is 4.79 Å². The fourth-order valence-corrected chi connectivity index (χ4v) is 4.24. The number of rotatable bonds is 5. The number of nitrogens with zero attached hydrogens (tertiary/aromatic N) is 3. The zero-order valence-corrected chi connectivity index (χ0v) is 17.5. The summed E-state index contributed by atoms with van der Waals surface area (Å²) in [6.07, 6.45) is 5.09. The molecule has 152 valence electrons. The van der Waals surface area contributed by atoms with E-state index < -0.39 is 0 Å². The van der Waals surface area contributed by atoms with Crippen molar-refractivity contribution in [1.82, 2.24) is 14.3 Å². The van der Waals surface area contributed by atoms with Crippen LogP contribution in [0.1, 0.15) is 65.2 Å². The average Bonchev–Trinajstić information content (AvgIpc) is 3.07.